The second-order valence-electron chi connectivity index (χ2n) is 4.52. The van der Waals surface area contributed by atoms with Crippen LogP contribution in [0, 0.1) is 10.1 Å². The third-order valence-corrected chi connectivity index (χ3v) is 3.72. The molecule has 0 fully saturated rings. The van der Waals surface area contributed by atoms with Crippen molar-refractivity contribution in [3.63, 3.8) is 0 Å². The summed E-state index contributed by atoms with van der Waals surface area (Å²) in [6.07, 6.45) is -3.75. The zero-order chi connectivity index (χ0) is 17.7. The van der Waals surface area contributed by atoms with Crippen LogP contribution in [0.15, 0.2) is 47.6 Å². The molecule has 126 valence electrons. The van der Waals surface area contributed by atoms with Crippen LogP contribution in [0.4, 0.5) is 24.5 Å². The molecule has 0 atom stereocenters. The molecule has 0 unspecified atom stereocenters. The third-order valence-electron chi connectivity index (χ3n) is 2.78. The summed E-state index contributed by atoms with van der Waals surface area (Å²) in [5.41, 5.74) is -0.579. The zero-order valence-corrected chi connectivity index (χ0v) is 12.7. The Morgan fingerprint density at radius 3 is 2.38 bits per heavy atom. The van der Waals surface area contributed by atoms with E-state index in [0.29, 0.717) is 11.9 Å². The molecule has 6 nitrogen and oxygen atoms in total. The maximum Gasteiger partial charge on any atom is 0.417 e. The largest absolute Gasteiger partial charge is 0.417 e. The molecular weight excluding hydrogens is 347 g/mol. The highest BCUT2D eigenvalue weighted by molar-refractivity contribution is 7.99. The lowest BCUT2D eigenvalue weighted by atomic mass is 10.3. The summed E-state index contributed by atoms with van der Waals surface area (Å²) in [6.45, 7) is 0. The monoisotopic (exact) mass is 357 g/mol. The van der Waals surface area contributed by atoms with E-state index < -0.39 is 22.6 Å². The molecule has 0 bridgehead atoms. The Bertz CT molecular complexity index is 734. The average molecular weight is 357 g/mol. The Balaban J connectivity index is 1.87. The number of non-ortho nitro benzene ring substituents is 1. The predicted molar refractivity (Wildman–Crippen MR) is 81.7 cm³/mol. The highest BCUT2D eigenvalue weighted by Gasteiger charge is 2.30. The molecule has 2 rings (SSSR count). The number of hydrogen-bond donors (Lipinski definition) is 1. The van der Waals surface area contributed by atoms with Crippen LogP contribution in [-0.2, 0) is 11.0 Å². The molecule has 1 aromatic carbocycles. The first-order valence-corrected chi connectivity index (χ1v) is 7.44. The predicted octanol–water partition coefficient (Wildman–Crippen LogP) is 3.74. The van der Waals surface area contributed by atoms with Crippen molar-refractivity contribution < 1.29 is 22.9 Å². The van der Waals surface area contributed by atoms with E-state index in [9.17, 15) is 28.1 Å². The number of amides is 1. The van der Waals surface area contributed by atoms with Gasteiger partial charge in [-0.05, 0) is 24.3 Å². The van der Waals surface area contributed by atoms with Crippen molar-refractivity contribution in [2.75, 3.05) is 11.1 Å². The number of carbonyl (C=O) groups is 1. The molecule has 0 saturated carbocycles. The van der Waals surface area contributed by atoms with Gasteiger partial charge in [-0.1, -0.05) is 11.8 Å². The summed E-state index contributed by atoms with van der Waals surface area (Å²) in [5, 5.41) is 13.3. The molecule has 1 heterocycles. The van der Waals surface area contributed by atoms with E-state index in [1.165, 1.54) is 30.3 Å². The average Bonchev–Trinajstić information content (AvgIpc) is 2.53. The fourth-order valence-electron chi connectivity index (χ4n) is 1.64. The van der Waals surface area contributed by atoms with Gasteiger partial charge in [-0.3, -0.25) is 14.9 Å². The van der Waals surface area contributed by atoms with Gasteiger partial charge in [-0.2, -0.15) is 13.2 Å². The molecule has 0 aliphatic rings. The van der Waals surface area contributed by atoms with Crippen LogP contribution in [0.1, 0.15) is 5.56 Å². The Labute approximate surface area is 138 Å². The molecular formula is C14H10F3N3O3S. The van der Waals surface area contributed by atoms with Crippen molar-refractivity contribution in [2.45, 2.75) is 11.2 Å². The van der Waals surface area contributed by atoms with Gasteiger partial charge in [-0.15, -0.1) is 0 Å². The maximum atomic E-state index is 12.4. The van der Waals surface area contributed by atoms with E-state index in [1.807, 2.05) is 0 Å². The van der Waals surface area contributed by atoms with Crippen LogP contribution in [0.25, 0.3) is 0 Å². The number of nitro benzene ring substituents is 1. The van der Waals surface area contributed by atoms with Crippen molar-refractivity contribution >= 4 is 29.0 Å². The van der Waals surface area contributed by atoms with Gasteiger partial charge in [0, 0.05) is 24.0 Å². The number of carbonyl (C=O) groups excluding carboxylic acids is 1. The molecule has 0 aliphatic heterocycles. The minimum absolute atomic E-state index is 0.0602. The Morgan fingerprint density at radius 2 is 1.88 bits per heavy atom. The van der Waals surface area contributed by atoms with Crippen LogP contribution in [0.3, 0.4) is 0 Å². The Hall–Kier alpha value is -2.62. The van der Waals surface area contributed by atoms with Gasteiger partial charge in [0.15, 0.2) is 0 Å². The number of thioether (sulfide) groups is 1. The lowest BCUT2D eigenvalue weighted by Crippen LogP contribution is -2.14. The summed E-state index contributed by atoms with van der Waals surface area (Å²) in [5.74, 6) is -0.467. The second-order valence-corrected chi connectivity index (χ2v) is 5.52. The Morgan fingerprint density at radius 1 is 1.21 bits per heavy atom. The van der Waals surface area contributed by atoms with Crippen molar-refractivity contribution in [2.24, 2.45) is 0 Å². The number of aromatic nitrogens is 1. The summed E-state index contributed by atoms with van der Waals surface area (Å²) >= 11 is 0.976. The van der Waals surface area contributed by atoms with Crippen molar-refractivity contribution in [1.29, 1.82) is 0 Å². The molecule has 2 aromatic rings. The smallest absolute Gasteiger partial charge is 0.325 e. The molecule has 10 heteroatoms. The van der Waals surface area contributed by atoms with Gasteiger partial charge in [0.05, 0.1) is 21.3 Å². The Kier molecular flexibility index (Phi) is 5.39. The number of nitrogens with one attached hydrogen (secondary N) is 1. The van der Waals surface area contributed by atoms with E-state index in [2.05, 4.69) is 10.3 Å². The molecule has 0 spiro atoms. The van der Waals surface area contributed by atoms with Crippen LogP contribution < -0.4 is 5.32 Å². The fourth-order valence-corrected chi connectivity index (χ4v) is 2.28. The van der Waals surface area contributed by atoms with Gasteiger partial charge < -0.3 is 5.32 Å². The lowest BCUT2D eigenvalue weighted by Gasteiger charge is -2.07. The lowest BCUT2D eigenvalue weighted by molar-refractivity contribution is -0.384. The number of benzene rings is 1. The molecule has 24 heavy (non-hydrogen) atoms. The second kappa shape index (κ2) is 7.30. The number of hydrogen-bond acceptors (Lipinski definition) is 5. The number of nitro groups is 1. The van der Waals surface area contributed by atoms with E-state index in [-0.39, 0.29) is 16.5 Å². The third kappa shape index (κ3) is 4.95. The highest BCUT2D eigenvalue weighted by atomic mass is 32.2. The fraction of sp³-hybridized carbons (Fsp3) is 0.143. The van der Waals surface area contributed by atoms with Gasteiger partial charge in [0.2, 0.25) is 5.91 Å². The normalized spacial score (nSPS) is 11.1. The first-order chi connectivity index (χ1) is 11.3. The van der Waals surface area contributed by atoms with Gasteiger partial charge in [-0.25, -0.2) is 4.98 Å². The minimum atomic E-state index is -4.45. The van der Waals surface area contributed by atoms with Crippen molar-refractivity contribution in [1.82, 2.24) is 4.98 Å². The van der Waals surface area contributed by atoms with Gasteiger partial charge in [0.25, 0.3) is 5.69 Å². The number of rotatable bonds is 5. The van der Waals surface area contributed by atoms with E-state index >= 15 is 0 Å². The van der Waals surface area contributed by atoms with Crippen LogP contribution in [0.5, 0.6) is 0 Å². The SMILES string of the molecule is O=C(CSc1ccc(C(F)(F)F)cn1)Nc1ccc([N+](=O)[O-])cc1. The van der Waals surface area contributed by atoms with Gasteiger partial charge in [0.1, 0.15) is 0 Å². The van der Waals surface area contributed by atoms with E-state index in [4.69, 9.17) is 0 Å². The van der Waals surface area contributed by atoms with Crippen LogP contribution in [-0.4, -0.2) is 21.6 Å². The summed E-state index contributed by atoms with van der Waals surface area (Å²) < 4.78 is 37.2. The molecule has 1 aromatic heterocycles. The van der Waals surface area contributed by atoms with Crippen LogP contribution >= 0.6 is 11.8 Å². The maximum absolute atomic E-state index is 12.4. The number of nitrogens with zero attached hydrogens (tertiary/aromatic N) is 2. The standard InChI is InChI=1S/C14H10F3N3O3S/c15-14(16,17)9-1-6-13(18-7-9)24-8-12(21)19-10-2-4-11(5-3-10)20(22)23/h1-7H,8H2,(H,19,21). The summed E-state index contributed by atoms with van der Waals surface area (Å²) in [7, 11) is 0. The van der Waals surface area contributed by atoms with E-state index in [1.54, 1.807) is 0 Å². The number of alkyl halides is 3. The topological polar surface area (TPSA) is 85.1 Å². The highest BCUT2D eigenvalue weighted by Crippen LogP contribution is 2.29. The van der Waals surface area contributed by atoms with E-state index in [0.717, 1.165) is 17.8 Å². The quantitative estimate of drug-likeness (QED) is 0.501. The molecule has 0 aliphatic carbocycles. The number of pyridine rings is 1. The zero-order valence-electron chi connectivity index (χ0n) is 11.9. The van der Waals surface area contributed by atoms with Gasteiger partial charge >= 0.3 is 6.18 Å². The number of halogens is 3. The summed E-state index contributed by atoms with van der Waals surface area (Å²) in [6, 6.07) is 7.35. The first kappa shape index (κ1) is 17.7. The minimum Gasteiger partial charge on any atom is -0.325 e. The van der Waals surface area contributed by atoms with Crippen molar-refractivity contribution in [3.05, 3.63) is 58.3 Å². The number of anilines is 1. The van der Waals surface area contributed by atoms with Crippen molar-refractivity contribution in [3.8, 4) is 0 Å². The molecule has 0 saturated heterocycles. The summed E-state index contributed by atoms with van der Waals surface area (Å²) in [4.78, 5) is 25.4. The molecule has 0 radical (unpaired) electrons. The van der Waals surface area contributed by atoms with Crippen LogP contribution in [0.2, 0.25) is 0 Å². The first-order valence-electron chi connectivity index (χ1n) is 6.46. The molecule has 1 N–H and O–H groups in total. The molecule has 1 amide bonds.